The lowest BCUT2D eigenvalue weighted by Gasteiger charge is -2.13. The standard InChI is InChI=1S/C21H16Cl2N4O3S/c1-30-19-12-10-18(11-13-19)27-20(14-2-4-15(22)5-3-14)24-25-21(27)31(28,29)26-17-8-6-16(23)7-9-17/h2-13,26H,1H3. The molecule has 4 aromatic rings. The summed E-state index contributed by atoms with van der Waals surface area (Å²) >= 11 is 11.9. The number of halogens is 2. The average molecular weight is 475 g/mol. The minimum absolute atomic E-state index is 0.266. The molecule has 158 valence electrons. The minimum Gasteiger partial charge on any atom is -0.497 e. The number of aromatic nitrogens is 3. The van der Waals surface area contributed by atoms with Gasteiger partial charge in [-0.15, -0.1) is 10.2 Å². The molecule has 0 fully saturated rings. The predicted molar refractivity (Wildman–Crippen MR) is 121 cm³/mol. The zero-order valence-electron chi connectivity index (χ0n) is 16.2. The van der Waals surface area contributed by atoms with Crippen LogP contribution in [0.3, 0.4) is 0 Å². The summed E-state index contributed by atoms with van der Waals surface area (Å²) in [5.74, 6) is 0.979. The van der Waals surface area contributed by atoms with E-state index in [1.165, 1.54) is 4.57 Å². The van der Waals surface area contributed by atoms with Gasteiger partial charge in [-0.05, 0) is 72.8 Å². The quantitative estimate of drug-likeness (QED) is 0.422. The normalized spacial score (nSPS) is 11.3. The lowest BCUT2D eigenvalue weighted by molar-refractivity contribution is 0.414. The Bertz CT molecular complexity index is 1300. The van der Waals surface area contributed by atoms with Crippen LogP contribution in [0.15, 0.2) is 78.0 Å². The molecule has 0 aliphatic rings. The van der Waals surface area contributed by atoms with Gasteiger partial charge in [-0.1, -0.05) is 23.2 Å². The van der Waals surface area contributed by atoms with Crippen LogP contribution in [-0.2, 0) is 10.0 Å². The maximum atomic E-state index is 13.2. The van der Waals surface area contributed by atoms with Crippen molar-refractivity contribution in [2.24, 2.45) is 0 Å². The lowest BCUT2D eigenvalue weighted by atomic mass is 10.2. The van der Waals surface area contributed by atoms with Gasteiger partial charge in [0.05, 0.1) is 12.8 Å². The van der Waals surface area contributed by atoms with Gasteiger partial charge < -0.3 is 4.74 Å². The van der Waals surface area contributed by atoms with Gasteiger partial charge in [-0.2, -0.15) is 8.42 Å². The van der Waals surface area contributed by atoms with Crippen molar-refractivity contribution in [2.75, 3.05) is 11.8 Å². The first kappa shape index (κ1) is 21.2. The summed E-state index contributed by atoms with van der Waals surface area (Å²) in [5, 5.41) is 8.93. The third-order valence-electron chi connectivity index (χ3n) is 4.40. The molecule has 10 heteroatoms. The number of nitrogens with one attached hydrogen (secondary N) is 1. The molecular formula is C21H16Cl2N4O3S. The SMILES string of the molecule is COc1ccc(-n2c(-c3ccc(Cl)cc3)nnc2S(=O)(=O)Nc2ccc(Cl)cc2)cc1. The van der Waals surface area contributed by atoms with E-state index in [2.05, 4.69) is 14.9 Å². The van der Waals surface area contributed by atoms with E-state index in [1.807, 2.05) is 0 Å². The van der Waals surface area contributed by atoms with Crippen LogP contribution >= 0.6 is 23.2 Å². The number of anilines is 1. The average Bonchev–Trinajstić information content (AvgIpc) is 3.22. The molecular weight excluding hydrogens is 459 g/mol. The number of nitrogens with zero attached hydrogens (tertiary/aromatic N) is 3. The molecule has 0 amide bonds. The summed E-state index contributed by atoms with van der Waals surface area (Å²) in [6.07, 6.45) is 0. The Morgan fingerprint density at radius 3 is 2.00 bits per heavy atom. The first-order valence-electron chi connectivity index (χ1n) is 9.01. The summed E-state index contributed by atoms with van der Waals surface area (Å²) in [5.41, 5.74) is 1.55. The van der Waals surface area contributed by atoms with Crippen molar-refractivity contribution in [1.82, 2.24) is 14.8 Å². The van der Waals surface area contributed by atoms with Gasteiger partial charge in [0.2, 0.25) is 0 Å². The number of hydrogen-bond acceptors (Lipinski definition) is 5. The molecule has 3 aromatic carbocycles. The monoisotopic (exact) mass is 474 g/mol. The van der Waals surface area contributed by atoms with Crippen molar-refractivity contribution in [1.29, 1.82) is 0 Å². The van der Waals surface area contributed by atoms with E-state index in [-0.39, 0.29) is 5.16 Å². The van der Waals surface area contributed by atoms with E-state index in [1.54, 1.807) is 79.9 Å². The first-order valence-corrected chi connectivity index (χ1v) is 11.3. The van der Waals surface area contributed by atoms with Crippen LogP contribution in [-0.4, -0.2) is 30.3 Å². The Balaban J connectivity index is 1.85. The Labute approximate surface area is 189 Å². The fourth-order valence-corrected chi connectivity index (χ4v) is 4.28. The highest BCUT2D eigenvalue weighted by molar-refractivity contribution is 7.92. The molecule has 0 aliphatic carbocycles. The summed E-state index contributed by atoms with van der Waals surface area (Å²) in [6.45, 7) is 0. The smallest absolute Gasteiger partial charge is 0.298 e. The largest absolute Gasteiger partial charge is 0.497 e. The van der Waals surface area contributed by atoms with Crippen molar-refractivity contribution in [3.8, 4) is 22.8 Å². The topological polar surface area (TPSA) is 86.1 Å². The van der Waals surface area contributed by atoms with Gasteiger partial charge >= 0.3 is 0 Å². The summed E-state index contributed by atoms with van der Waals surface area (Å²) < 4.78 is 35.6. The molecule has 1 heterocycles. The Hall–Kier alpha value is -3.07. The predicted octanol–water partition coefficient (Wildman–Crippen LogP) is 5.05. The van der Waals surface area contributed by atoms with Crippen molar-refractivity contribution in [2.45, 2.75) is 5.16 Å². The second-order valence-corrected chi connectivity index (χ2v) is 8.91. The number of ether oxygens (including phenoxy) is 1. The Morgan fingerprint density at radius 2 is 1.42 bits per heavy atom. The highest BCUT2D eigenvalue weighted by Gasteiger charge is 2.26. The zero-order valence-corrected chi connectivity index (χ0v) is 18.5. The lowest BCUT2D eigenvalue weighted by Crippen LogP contribution is -2.18. The third kappa shape index (κ3) is 4.51. The van der Waals surface area contributed by atoms with Crippen LogP contribution in [0.2, 0.25) is 10.0 Å². The number of hydrogen-bond donors (Lipinski definition) is 1. The fourth-order valence-electron chi connectivity index (χ4n) is 2.91. The second kappa shape index (κ2) is 8.58. The summed E-state index contributed by atoms with van der Waals surface area (Å²) in [4.78, 5) is 0. The minimum atomic E-state index is -4.08. The van der Waals surface area contributed by atoms with E-state index in [4.69, 9.17) is 27.9 Å². The molecule has 31 heavy (non-hydrogen) atoms. The molecule has 7 nitrogen and oxygen atoms in total. The van der Waals surface area contributed by atoms with Crippen molar-refractivity contribution in [3.05, 3.63) is 82.8 Å². The second-order valence-electron chi connectivity index (χ2n) is 6.46. The van der Waals surface area contributed by atoms with Crippen LogP contribution in [0, 0.1) is 0 Å². The van der Waals surface area contributed by atoms with Crippen molar-refractivity contribution < 1.29 is 13.2 Å². The summed E-state index contributed by atoms with van der Waals surface area (Å²) in [6, 6.07) is 20.1. The van der Waals surface area contributed by atoms with Crippen molar-refractivity contribution in [3.63, 3.8) is 0 Å². The van der Waals surface area contributed by atoms with E-state index in [0.29, 0.717) is 38.6 Å². The molecule has 0 saturated carbocycles. The fraction of sp³-hybridized carbons (Fsp3) is 0.0476. The summed E-state index contributed by atoms with van der Waals surface area (Å²) in [7, 11) is -2.52. The molecule has 0 aliphatic heterocycles. The molecule has 0 bridgehead atoms. The Morgan fingerprint density at radius 1 is 0.839 bits per heavy atom. The molecule has 0 atom stereocenters. The van der Waals surface area contributed by atoms with E-state index in [9.17, 15) is 8.42 Å². The maximum Gasteiger partial charge on any atom is 0.298 e. The highest BCUT2D eigenvalue weighted by Crippen LogP contribution is 2.28. The molecule has 1 N–H and O–H groups in total. The number of sulfonamides is 1. The molecule has 0 radical (unpaired) electrons. The zero-order chi connectivity index (χ0) is 22.0. The van der Waals surface area contributed by atoms with E-state index < -0.39 is 10.0 Å². The highest BCUT2D eigenvalue weighted by atomic mass is 35.5. The first-order chi connectivity index (χ1) is 14.9. The van der Waals surface area contributed by atoms with Crippen LogP contribution in [0.1, 0.15) is 0 Å². The van der Waals surface area contributed by atoms with Crippen molar-refractivity contribution >= 4 is 38.9 Å². The van der Waals surface area contributed by atoms with Crippen LogP contribution in [0.5, 0.6) is 5.75 Å². The van der Waals surface area contributed by atoms with Gasteiger partial charge in [0.15, 0.2) is 5.82 Å². The molecule has 1 aromatic heterocycles. The van der Waals surface area contributed by atoms with Gasteiger partial charge in [0.25, 0.3) is 15.2 Å². The van der Waals surface area contributed by atoms with Gasteiger partial charge in [0, 0.05) is 21.3 Å². The molecule has 0 unspecified atom stereocenters. The van der Waals surface area contributed by atoms with Crippen LogP contribution in [0.25, 0.3) is 17.1 Å². The maximum absolute atomic E-state index is 13.2. The Kier molecular flexibility index (Phi) is 5.86. The van der Waals surface area contributed by atoms with Gasteiger partial charge in [0.1, 0.15) is 5.75 Å². The third-order valence-corrected chi connectivity index (χ3v) is 6.16. The van der Waals surface area contributed by atoms with Crippen LogP contribution < -0.4 is 9.46 Å². The molecule has 0 saturated heterocycles. The van der Waals surface area contributed by atoms with Gasteiger partial charge in [-0.3, -0.25) is 9.29 Å². The van der Waals surface area contributed by atoms with E-state index >= 15 is 0 Å². The van der Waals surface area contributed by atoms with Gasteiger partial charge in [-0.25, -0.2) is 0 Å². The molecule has 0 spiro atoms. The molecule has 4 rings (SSSR count). The number of rotatable bonds is 6. The van der Waals surface area contributed by atoms with E-state index in [0.717, 1.165) is 0 Å². The van der Waals surface area contributed by atoms with Crippen LogP contribution in [0.4, 0.5) is 5.69 Å². The number of benzene rings is 3. The number of methoxy groups -OCH3 is 1.